The van der Waals surface area contributed by atoms with Crippen LogP contribution in [-0.4, -0.2) is 36.8 Å². The standard InChI is InChI=1S/C21H21N5O5/c1-2-3-10-26-12-15(21(29)30)19(16(26)11-22)23-17(28)8-9-18-24-20(25-31-18)13-4-6-14(27)7-5-13/h4-7,12,27H,2-3,8-10H2,1H3,(H,23,28)(H,29,30). The van der Waals surface area contributed by atoms with Gasteiger partial charge in [-0.05, 0) is 30.7 Å². The third-order valence-corrected chi connectivity index (χ3v) is 4.59. The van der Waals surface area contributed by atoms with Crippen LogP contribution in [0, 0.1) is 11.3 Å². The van der Waals surface area contributed by atoms with Gasteiger partial charge in [-0.25, -0.2) is 4.79 Å². The molecule has 0 saturated carbocycles. The first-order valence-electron chi connectivity index (χ1n) is 9.71. The number of aromatic carboxylic acids is 1. The highest BCUT2D eigenvalue weighted by Crippen LogP contribution is 2.25. The predicted molar refractivity (Wildman–Crippen MR) is 109 cm³/mol. The summed E-state index contributed by atoms with van der Waals surface area (Å²) in [5, 5.41) is 34.7. The topological polar surface area (TPSA) is 154 Å². The molecule has 3 aromatic rings. The van der Waals surface area contributed by atoms with E-state index in [1.807, 2.05) is 13.0 Å². The van der Waals surface area contributed by atoms with Crippen LogP contribution in [0.3, 0.4) is 0 Å². The zero-order chi connectivity index (χ0) is 22.4. The van der Waals surface area contributed by atoms with Gasteiger partial charge in [0.2, 0.25) is 17.6 Å². The van der Waals surface area contributed by atoms with Crippen LogP contribution < -0.4 is 5.32 Å². The molecule has 31 heavy (non-hydrogen) atoms. The number of aromatic hydroxyl groups is 1. The van der Waals surface area contributed by atoms with E-state index in [9.17, 15) is 25.1 Å². The molecule has 0 unspecified atom stereocenters. The van der Waals surface area contributed by atoms with Crippen molar-refractivity contribution in [3.63, 3.8) is 0 Å². The van der Waals surface area contributed by atoms with Crippen LogP contribution in [-0.2, 0) is 17.8 Å². The molecule has 0 aliphatic carbocycles. The molecule has 0 spiro atoms. The quantitative estimate of drug-likeness (QED) is 0.474. The molecule has 0 bridgehead atoms. The average molecular weight is 423 g/mol. The van der Waals surface area contributed by atoms with Crippen molar-refractivity contribution in [2.75, 3.05) is 5.32 Å². The summed E-state index contributed by atoms with van der Waals surface area (Å²) in [4.78, 5) is 28.2. The summed E-state index contributed by atoms with van der Waals surface area (Å²) >= 11 is 0. The zero-order valence-corrected chi connectivity index (χ0v) is 16.8. The van der Waals surface area contributed by atoms with E-state index in [1.54, 1.807) is 16.7 Å². The summed E-state index contributed by atoms with van der Waals surface area (Å²) < 4.78 is 6.70. The van der Waals surface area contributed by atoms with Crippen molar-refractivity contribution in [2.24, 2.45) is 0 Å². The number of rotatable bonds is 9. The lowest BCUT2D eigenvalue weighted by molar-refractivity contribution is -0.116. The molecule has 3 rings (SSSR count). The maximum Gasteiger partial charge on any atom is 0.339 e. The normalized spacial score (nSPS) is 10.6. The first-order chi connectivity index (χ1) is 14.9. The van der Waals surface area contributed by atoms with Gasteiger partial charge in [0.1, 0.15) is 23.1 Å². The minimum atomic E-state index is -1.22. The second-order valence-electron chi connectivity index (χ2n) is 6.84. The fraction of sp³-hybridized carbons (Fsp3) is 0.286. The van der Waals surface area contributed by atoms with Gasteiger partial charge in [0, 0.05) is 31.1 Å². The summed E-state index contributed by atoms with van der Waals surface area (Å²) in [6, 6.07) is 8.25. The summed E-state index contributed by atoms with van der Waals surface area (Å²) in [6.07, 6.45) is 3.12. The van der Waals surface area contributed by atoms with Gasteiger partial charge in [-0.2, -0.15) is 10.2 Å². The number of aromatic nitrogens is 3. The molecule has 0 aliphatic heterocycles. The zero-order valence-electron chi connectivity index (χ0n) is 16.8. The third-order valence-electron chi connectivity index (χ3n) is 4.59. The molecule has 2 heterocycles. The number of nitriles is 1. The highest BCUT2D eigenvalue weighted by Gasteiger charge is 2.22. The summed E-state index contributed by atoms with van der Waals surface area (Å²) in [5.41, 5.74) is 0.613. The maximum atomic E-state index is 12.4. The monoisotopic (exact) mass is 423 g/mol. The van der Waals surface area contributed by atoms with E-state index in [2.05, 4.69) is 15.5 Å². The Hall–Kier alpha value is -4.13. The van der Waals surface area contributed by atoms with Gasteiger partial charge in [0.15, 0.2) is 0 Å². The SMILES string of the molecule is CCCCn1cc(C(=O)O)c(NC(=O)CCc2nc(-c3ccc(O)cc3)no2)c1C#N. The Balaban J connectivity index is 1.68. The van der Waals surface area contributed by atoms with E-state index >= 15 is 0 Å². The number of benzene rings is 1. The van der Waals surface area contributed by atoms with Crippen LogP contribution in [0.25, 0.3) is 11.4 Å². The largest absolute Gasteiger partial charge is 0.508 e. The van der Waals surface area contributed by atoms with Gasteiger partial charge in [-0.15, -0.1) is 0 Å². The molecule has 10 heteroatoms. The Bertz CT molecular complexity index is 1120. The Kier molecular flexibility index (Phi) is 6.67. The first-order valence-corrected chi connectivity index (χ1v) is 9.71. The lowest BCUT2D eigenvalue weighted by atomic mass is 10.2. The molecule has 1 amide bonds. The lowest BCUT2D eigenvalue weighted by Crippen LogP contribution is -2.15. The van der Waals surface area contributed by atoms with Crippen molar-refractivity contribution in [1.29, 1.82) is 5.26 Å². The Labute approximate surface area is 177 Å². The van der Waals surface area contributed by atoms with Crippen molar-refractivity contribution in [1.82, 2.24) is 14.7 Å². The van der Waals surface area contributed by atoms with Crippen molar-refractivity contribution >= 4 is 17.6 Å². The maximum absolute atomic E-state index is 12.4. The number of unbranched alkanes of at least 4 members (excludes halogenated alkanes) is 1. The van der Waals surface area contributed by atoms with Crippen LogP contribution in [0.2, 0.25) is 0 Å². The average Bonchev–Trinajstić information content (AvgIpc) is 3.36. The number of carboxylic acid groups (broad SMARTS) is 1. The number of hydrogen-bond acceptors (Lipinski definition) is 7. The van der Waals surface area contributed by atoms with E-state index in [0.29, 0.717) is 17.9 Å². The van der Waals surface area contributed by atoms with Gasteiger partial charge in [-0.3, -0.25) is 4.79 Å². The van der Waals surface area contributed by atoms with Crippen LogP contribution in [0.15, 0.2) is 35.0 Å². The lowest BCUT2D eigenvalue weighted by Gasteiger charge is -2.06. The molecular weight excluding hydrogens is 402 g/mol. The van der Waals surface area contributed by atoms with Gasteiger partial charge in [-0.1, -0.05) is 18.5 Å². The number of aryl methyl sites for hydroxylation is 2. The molecule has 160 valence electrons. The molecule has 3 N–H and O–H groups in total. The minimum absolute atomic E-state index is 0.00795. The van der Waals surface area contributed by atoms with Crippen molar-refractivity contribution in [3.8, 4) is 23.2 Å². The van der Waals surface area contributed by atoms with E-state index in [1.165, 1.54) is 18.3 Å². The number of nitrogens with one attached hydrogen (secondary N) is 1. The third kappa shape index (κ3) is 5.08. The molecule has 0 fully saturated rings. The number of hydrogen-bond donors (Lipinski definition) is 3. The Morgan fingerprint density at radius 2 is 2.03 bits per heavy atom. The van der Waals surface area contributed by atoms with Crippen molar-refractivity contribution in [3.05, 3.63) is 47.6 Å². The number of anilines is 1. The highest BCUT2D eigenvalue weighted by molar-refractivity contribution is 6.02. The Morgan fingerprint density at radius 3 is 2.68 bits per heavy atom. The van der Waals surface area contributed by atoms with E-state index in [4.69, 9.17) is 4.52 Å². The molecule has 0 saturated heterocycles. The minimum Gasteiger partial charge on any atom is -0.508 e. The van der Waals surface area contributed by atoms with Crippen LogP contribution in [0.1, 0.15) is 48.1 Å². The first kappa shape index (κ1) is 21.6. The van der Waals surface area contributed by atoms with Crippen molar-refractivity contribution < 1.29 is 24.3 Å². The van der Waals surface area contributed by atoms with Gasteiger partial charge < -0.3 is 24.6 Å². The molecule has 0 radical (unpaired) electrons. The van der Waals surface area contributed by atoms with Crippen LogP contribution >= 0.6 is 0 Å². The highest BCUT2D eigenvalue weighted by atomic mass is 16.5. The number of carbonyl (C=O) groups is 2. The van der Waals surface area contributed by atoms with Crippen LogP contribution in [0.4, 0.5) is 5.69 Å². The summed E-state index contributed by atoms with van der Waals surface area (Å²) in [7, 11) is 0. The molecular formula is C21H21N5O5. The second kappa shape index (κ2) is 9.58. The smallest absolute Gasteiger partial charge is 0.339 e. The second-order valence-corrected chi connectivity index (χ2v) is 6.84. The van der Waals surface area contributed by atoms with Gasteiger partial charge in [0.25, 0.3) is 0 Å². The molecule has 2 aromatic heterocycles. The fourth-order valence-electron chi connectivity index (χ4n) is 2.98. The number of carboxylic acids is 1. The molecule has 0 atom stereocenters. The summed E-state index contributed by atoms with van der Waals surface area (Å²) in [5.74, 6) is -1.03. The van der Waals surface area contributed by atoms with E-state index < -0.39 is 11.9 Å². The van der Waals surface area contributed by atoms with Gasteiger partial charge in [0.05, 0.1) is 5.69 Å². The Morgan fingerprint density at radius 1 is 1.29 bits per heavy atom. The van der Waals surface area contributed by atoms with E-state index in [0.717, 1.165) is 12.8 Å². The number of amides is 1. The fourth-order valence-corrected chi connectivity index (χ4v) is 2.98. The van der Waals surface area contributed by atoms with Gasteiger partial charge >= 0.3 is 5.97 Å². The van der Waals surface area contributed by atoms with E-state index in [-0.39, 0.29) is 41.4 Å². The molecule has 0 aliphatic rings. The molecule has 1 aromatic carbocycles. The number of phenolic OH excluding ortho intramolecular Hbond substituents is 1. The summed E-state index contributed by atoms with van der Waals surface area (Å²) in [6.45, 7) is 2.47. The molecule has 10 nitrogen and oxygen atoms in total. The number of nitrogens with zero attached hydrogens (tertiary/aromatic N) is 4. The number of phenols is 1. The number of carbonyl (C=O) groups excluding carboxylic acids is 1. The predicted octanol–water partition coefficient (Wildman–Crippen LogP) is 3.18. The van der Waals surface area contributed by atoms with Crippen molar-refractivity contribution in [2.45, 2.75) is 39.2 Å². The van der Waals surface area contributed by atoms with Crippen LogP contribution in [0.5, 0.6) is 5.75 Å².